The molecule has 6 nitrogen and oxygen atoms in total. The predicted octanol–water partition coefficient (Wildman–Crippen LogP) is 2.14. The van der Waals surface area contributed by atoms with Crippen molar-refractivity contribution >= 4 is 48.2 Å². The summed E-state index contributed by atoms with van der Waals surface area (Å²) < 4.78 is 8.68. The number of aromatic nitrogens is 2. The second kappa shape index (κ2) is 5.37. The van der Waals surface area contributed by atoms with Crippen molar-refractivity contribution in [1.29, 1.82) is 0 Å². The number of benzene rings is 1. The molecule has 0 saturated heterocycles. The van der Waals surface area contributed by atoms with Gasteiger partial charge in [0.15, 0.2) is 0 Å². The molecule has 20 heavy (non-hydrogen) atoms. The Morgan fingerprint density at radius 3 is 3.00 bits per heavy atom. The van der Waals surface area contributed by atoms with Crippen molar-refractivity contribution in [2.45, 2.75) is 0 Å². The summed E-state index contributed by atoms with van der Waals surface area (Å²) in [7, 11) is 0. The van der Waals surface area contributed by atoms with Crippen LogP contribution in [0.3, 0.4) is 0 Å². The van der Waals surface area contributed by atoms with E-state index in [0.29, 0.717) is 11.6 Å². The maximum atomic E-state index is 10.7. The van der Waals surface area contributed by atoms with Crippen LogP contribution in [-0.2, 0) is 0 Å². The second-order valence-corrected chi connectivity index (χ2v) is 7.36. The molecule has 0 spiro atoms. The topological polar surface area (TPSA) is 78.2 Å². The van der Waals surface area contributed by atoms with Crippen LogP contribution >= 0.6 is 11.6 Å². The number of halogens is 1. The summed E-state index contributed by atoms with van der Waals surface area (Å²) in [5.74, 6) is 0.692. The Morgan fingerprint density at radius 1 is 1.35 bits per heavy atom. The first-order valence-electron chi connectivity index (χ1n) is 5.56. The van der Waals surface area contributed by atoms with Gasteiger partial charge >= 0.3 is 129 Å². The molecule has 1 aromatic heterocycles. The van der Waals surface area contributed by atoms with Gasteiger partial charge in [0.05, 0.1) is 0 Å². The molecule has 8 heteroatoms. The number of nitro benzene ring substituents is 1. The van der Waals surface area contributed by atoms with E-state index in [9.17, 15) is 10.1 Å². The fourth-order valence-electron chi connectivity index (χ4n) is 1.74. The molecule has 3 rings (SSSR count). The molecule has 0 aliphatic carbocycles. The van der Waals surface area contributed by atoms with Gasteiger partial charge in [0.1, 0.15) is 0 Å². The Labute approximate surface area is 128 Å². The summed E-state index contributed by atoms with van der Waals surface area (Å²) >= 11 is 5.02. The van der Waals surface area contributed by atoms with E-state index in [0.717, 1.165) is 9.27 Å². The van der Waals surface area contributed by atoms with Gasteiger partial charge < -0.3 is 0 Å². The molecule has 1 aliphatic rings. The number of non-ortho nitro benzene ring substituents is 1. The zero-order chi connectivity index (χ0) is 14.1. The van der Waals surface area contributed by atoms with Crippen LogP contribution in [0.25, 0.3) is 6.08 Å². The number of nitrogens with zero attached hydrogens (tertiary/aromatic N) is 3. The van der Waals surface area contributed by atoms with Crippen molar-refractivity contribution in [3.05, 3.63) is 49.3 Å². The van der Waals surface area contributed by atoms with Crippen LogP contribution in [0.15, 0.2) is 28.4 Å². The summed E-state index contributed by atoms with van der Waals surface area (Å²) in [5, 5.41) is 10.9. The van der Waals surface area contributed by atoms with Gasteiger partial charge in [-0.15, -0.1) is 0 Å². The van der Waals surface area contributed by atoms with Crippen LogP contribution in [0.2, 0.25) is 5.28 Å². The molecule has 0 atom stereocenters. The third kappa shape index (κ3) is 2.61. The summed E-state index contributed by atoms with van der Waals surface area (Å²) in [6.45, 7) is 0. The number of hydrogen-bond donors (Lipinski definition) is 0. The Morgan fingerprint density at radius 2 is 2.20 bits per heavy atom. The van der Waals surface area contributed by atoms with E-state index in [1.165, 1.54) is 12.1 Å². The SMILES string of the molecule is O=[N+]([O-])c1cccc(Oc2nc(Cl)n[c]3c2C=[CH][Sn]3)c1. The molecule has 0 fully saturated rings. The molecule has 0 amide bonds. The van der Waals surface area contributed by atoms with Gasteiger partial charge in [-0.1, -0.05) is 0 Å². The van der Waals surface area contributed by atoms with Gasteiger partial charge in [0, 0.05) is 0 Å². The minimum absolute atomic E-state index is 0.0358. The van der Waals surface area contributed by atoms with Crippen molar-refractivity contribution in [2.24, 2.45) is 0 Å². The van der Waals surface area contributed by atoms with Crippen molar-refractivity contribution in [2.75, 3.05) is 0 Å². The van der Waals surface area contributed by atoms with E-state index in [2.05, 4.69) is 14.1 Å². The molecule has 2 aromatic rings. The number of ether oxygens (including phenoxy) is 1. The van der Waals surface area contributed by atoms with Gasteiger partial charge in [-0.25, -0.2) is 0 Å². The van der Waals surface area contributed by atoms with Crippen molar-refractivity contribution in [1.82, 2.24) is 9.97 Å². The molecule has 2 radical (unpaired) electrons. The minimum atomic E-state index is -0.842. The number of nitro groups is 1. The van der Waals surface area contributed by atoms with E-state index < -0.39 is 26.1 Å². The molecule has 0 unspecified atom stereocenters. The Hall–Kier alpha value is -1.67. The van der Waals surface area contributed by atoms with Gasteiger partial charge in [0.2, 0.25) is 0 Å². The normalized spacial score (nSPS) is 12.2. The first-order chi connectivity index (χ1) is 9.63. The van der Waals surface area contributed by atoms with Gasteiger partial charge in [0.25, 0.3) is 0 Å². The van der Waals surface area contributed by atoms with Gasteiger partial charge in [-0.3, -0.25) is 0 Å². The summed E-state index contributed by atoms with van der Waals surface area (Å²) in [6.07, 6.45) is 1.92. The Kier molecular flexibility index (Phi) is 3.58. The zero-order valence-electron chi connectivity index (χ0n) is 9.91. The fourth-order valence-corrected chi connectivity index (χ4v) is 4.74. The second-order valence-electron chi connectivity index (χ2n) is 3.89. The summed E-state index contributed by atoms with van der Waals surface area (Å²) in [5.41, 5.74) is 0.791. The van der Waals surface area contributed by atoms with E-state index in [4.69, 9.17) is 16.3 Å². The fraction of sp³-hybridized carbons (Fsp3) is 0. The van der Waals surface area contributed by atoms with Gasteiger partial charge in [-0.05, 0) is 0 Å². The third-order valence-electron chi connectivity index (χ3n) is 2.60. The predicted molar refractivity (Wildman–Crippen MR) is 74.6 cm³/mol. The molecule has 0 bridgehead atoms. The number of hydrogen-bond acceptors (Lipinski definition) is 5. The Balaban J connectivity index is 1.98. The molecule has 0 saturated carbocycles. The van der Waals surface area contributed by atoms with E-state index in [1.54, 1.807) is 12.1 Å². The van der Waals surface area contributed by atoms with Crippen molar-refractivity contribution < 1.29 is 9.66 Å². The van der Waals surface area contributed by atoms with Gasteiger partial charge in [-0.2, -0.15) is 0 Å². The Bertz CT molecular complexity index is 736. The molecule has 1 aromatic carbocycles. The van der Waals surface area contributed by atoms with Crippen LogP contribution in [-0.4, -0.2) is 36.0 Å². The standard InChI is InChI=1S/C12H6ClN3O3.Sn/c1-2-8-7-14-12(13)15-11(8)19-10-5-3-4-9(6-10)16(17)18;/h1-6H;. The third-order valence-corrected chi connectivity index (χ3v) is 5.59. The average molecular weight is 394 g/mol. The van der Waals surface area contributed by atoms with Crippen LogP contribution in [0, 0.1) is 10.1 Å². The van der Waals surface area contributed by atoms with E-state index in [1.807, 2.05) is 6.08 Å². The first-order valence-corrected chi connectivity index (χ1v) is 9.02. The molecule has 98 valence electrons. The molecular formula is C12H6ClN3O3Sn. The summed E-state index contributed by atoms with van der Waals surface area (Å²) in [4.78, 5) is 18.5. The molecule has 0 N–H and O–H groups in total. The van der Waals surface area contributed by atoms with Crippen LogP contribution < -0.4 is 8.45 Å². The maximum absolute atomic E-state index is 10.7. The van der Waals surface area contributed by atoms with Crippen LogP contribution in [0.1, 0.15) is 5.56 Å². The number of rotatable bonds is 3. The summed E-state index contributed by atoms with van der Waals surface area (Å²) in [6, 6.07) is 5.94. The van der Waals surface area contributed by atoms with Crippen molar-refractivity contribution in [3.63, 3.8) is 0 Å². The first kappa shape index (κ1) is 13.3. The monoisotopic (exact) mass is 395 g/mol. The van der Waals surface area contributed by atoms with Crippen LogP contribution in [0.5, 0.6) is 11.6 Å². The number of fused-ring (bicyclic) bond motifs is 1. The zero-order valence-corrected chi connectivity index (χ0v) is 13.5. The average Bonchev–Trinajstić information content (AvgIpc) is 2.87. The molecular weight excluding hydrogens is 388 g/mol. The van der Waals surface area contributed by atoms with Crippen LogP contribution in [0.4, 0.5) is 5.69 Å². The van der Waals surface area contributed by atoms with E-state index in [-0.39, 0.29) is 11.0 Å². The molecule has 1 aliphatic heterocycles. The van der Waals surface area contributed by atoms with E-state index >= 15 is 0 Å². The van der Waals surface area contributed by atoms with Crippen molar-refractivity contribution in [3.8, 4) is 11.6 Å². The quantitative estimate of drug-likeness (QED) is 0.345. The molecule has 2 heterocycles.